The third kappa shape index (κ3) is 5.66. The molecule has 0 aliphatic rings. The molecule has 60 heavy (non-hydrogen) atoms. The average molecular weight is 948 g/mol. The monoisotopic (exact) mass is 947 g/mol. The molecule has 0 unspecified atom stereocenters. The number of imidazole rings is 2. The molecule has 0 aliphatic carbocycles. The van der Waals surface area contributed by atoms with Crippen molar-refractivity contribution in [1.82, 2.24) is 18.8 Å². The normalized spacial score (nSPS) is 11.5. The van der Waals surface area contributed by atoms with Crippen LogP contribution in [0, 0.1) is 12.1 Å². The Labute approximate surface area is 360 Å². The van der Waals surface area contributed by atoms with Crippen molar-refractivity contribution in [2.75, 3.05) is 0 Å². The molecule has 0 atom stereocenters. The predicted octanol–water partition coefficient (Wildman–Crippen LogP) is 13.7. The minimum Gasteiger partial charge on any atom is -0.497 e. The number of hydrogen-bond acceptors (Lipinski definition) is 3. The second-order valence-electron chi connectivity index (χ2n) is 14.8. The van der Waals surface area contributed by atoms with Gasteiger partial charge in [-0.05, 0) is 44.2 Å². The molecular weight excluding hydrogens is 916 g/mol. The zero-order valence-corrected chi connectivity index (χ0v) is 34.3. The number of ether oxygens (including phenoxy) is 1. The number of benzene rings is 8. The molecule has 4 aromatic heterocycles. The van der Waals surface area contributed by atoms with E-state index < -0.39 is 0 Å². The van der Waals surface area contributed by atoms with Crippen LogP contribution in [0.15, 0.2) is 195 Å². The zero-order valence-electron chi connectivity index (χ0n) is 32.0. The van der Waals surface area contributed by atoms with Gasteiger partial charge in [-0.25, -0.2) is 0 Å². The average Bonchev–Trinajstić information content (AvgIpc) is 4.01. The summed E-state index contributed by atoms with van der Waals surface area (Å²) in [5.41, 5.74) is 13.1. The van der Waals surface area contributed by atoms with E-state index in [1.165, 1.54) is 11.1 Å². The number of nitrogens with zero attached hydrogens (tertiary/aromatic N) is 4. The van der Waals surface area contributed by atoms with E-state index in [1.807, 2.05) is 36.9 Å². The summed E-state index contributed by atoms with van der Waals surface area (Å²) in [4.78, 5) is 9.78. The summed E-state index contributed by atoms with van der Waals surface area (Å²) in [6.45, 7) is 0. The van der Waals surface area contributed by atoms with E-state index in [1.54, 1.807) is 0 Å². The van der Waals surface area contributed by atoms with Crippen LogP contribution in [0.25, 0.3) is 99.2 Å². The van der Waals surface area contributed by atoms with Gasteiger partial charge in [0.2, 0.25) is 0 Å². The van der Waals surface area contributed by atoms with Gasteiger partial charge in [-0.15, -0.1) is 12.1 Å². The Hall–Kier alpha value is -7.33. The fourth-order valence-corrected chi connectivity index (χ4v) is 8.95. The number of pyridine rings is 2. The van der Waals surface area contributed by atoms with Crippen LogP contribution in [0.2, 0.25) is 0 Å². The second-order valence-corrected chi connectivity index (χ2v) is 14.8. The van der Waals surface area contributed by atoms with Gasteiger partial charge in [0.1, 0.15) is 0 Å². The third-order valence-electron chi connectivity index (χ3n) is 11.5. The van der Waals surface area contributed by atoms with Crippen molar-refractivity contribution < 1.29 is 25.8 Å². The van der Waals surface area contributed by atoms with Crippen molar-refractivity contribution in [3.8, 4) is 56.0 Å². The first-order valence-corrected chi connectivity index (χ1v) is 19.7. The molecule has 0 N–H and O–H groups in total. The van der Waals surface area contributed by atoms with Gasteiger partial charge >= 0.3 is 21.1 Å². The molecule has 6 heteroatoms. The van der Waals surface area contributed by atoms with Gasteiger partial charge in [-0.2, -0.15) is 0 Å². The van der Waals surface area contributed by atoms with E-state index in [0.29, 0.717) is 11.5 Å². The molecule has 0 saturated heterocycles. The van der Waals surface area contributed by atoms with Crippen molar-refractivity contribution in [3.63, 3.8) is 0 Å². The largest absolute Gasteiger partial charge is 2.00 e. The predicted molar refractivity (Wildman–Crippen MR) is 240 cm³/mol. The van der Waals surface area contributed by atoms with E-state index in [9.17, 15) is 0 Å². The third-order valence-corrected chi connectivity index (χ3v) is 11.5. The number of hydrogen-bond donors (Lipinski definition) is 0. The fraction of sp³-hybridized carbons (Fsp3) is 0. The fourth-order valence-electron chi connectivity index (χ4n) is 8.95. The number of aromatic nitrogens is 4. The Morgan fingerprint density at radius 1 is 0.383 bits per heavy atom. The first-order chi connectivity index (χ1) is 29.3. The summed E-state index contributed by atoms with van der Waals surface area (Å²) in [5, 5.41) is 6.11. The molecule has 12 rings (SSSR count). The van der Waals surface area contributed by atoms with Gasteiger partial charge < -0.3 is 13.5 Å². The summed E-state index contributed by atoms with van der Waals surface area (Å²) in [7, 11) is 0. The summed E-state index contributed by atoms with van der Waals surface area (Å²) >= 11 is 0. The molecule has 0 radical (unpaired) electrons. The smallest absolute Gasteiger partial charge is 0.497 e. The van der Waals surface area contributed by atoms with Gasteiger partial charge in [0.05, 0.1) is 11.3 Å². The Bertz CT molecular complexity index is 3330. The molecule has 0 amide bonds. The maximum Gasteiger partial charge on any atom is 2.00 e. The maximum absolute atomic E-state index is 6.62. The number of fused-ring (bicyclic) bond motifs is 12. The standard InChI is InChI=1S/C54H32N4O.Pt/c1-5-13-35(14-6-1)41-25-27-45-43-23-21-39(33-47(43)53-55-29-31-57(53)51(45)49(41)37-17-9-3-10-18-37)59-40-22-24-44-46-28-26-42(36-15-7-2-8-16-36)50(38-19-11-4-12-20-38)52(46)58-32-30-56-54(58)48(44)34-40;/h1-32H;/q-2;+2. The first kappa shape index (κ1) is 35.8. The molecule has 12 aromatic rings. The van der Waals surface area contributed by atoms with Gasteiger partial charge in [-0.1, -0.05) is 191 Å². The minimum atomic E-state index is 0. The van der Waals surface area contributed by atoms with Crippen LogP contribution in [0.3, 0.4) is 0 Å². The van der Waals surface area contributed by atoms with Crippen molar-refractivity contribution in [2.24, 2.45) is 0 Å². The van der Waals surface area contributed by atoms with Crippen molar-refractivity contribution in [1.29, 1.82) is 0 Å². The molecule has 4 heterocycles. The van der Waals surface area contributed by atoms with Gasteiger partial charge in [0.25, 0.3) is 0 Å². The van der Waals surface area contributed by atoms with E-state index >= 15 is 0 Å². The summed E-state index contributed by atoms with van der Waals surface area (Å²) in [6, 6.07) is 66.8. The van der Waals surface area contributed by atoms with Crippen LogP contribution in [0.1, 0.15) is 0 Å². The quantitative estimate of drug-likeness (QED) is 0.123. The van der Waals surface area contributed by atoms with Crippen molar-refractivity contribution in [3.05, 3.63) is 207 Å². The molecular formula is C54H32N4OPt. The molecule has 0 bridgehead atoms. The Kier molecular flexibility index (Phi) is 8.65. The summed E-state index contributed by atoms with van der Waals surface area (Å²) in [6.07, 6.45) is 7.82. The Morgan fingerprint density at radius 3 is 1.15 bits per heavy atom. The molecule has 0 fully saturated rings. The van der Waals surface area contributed by atoms with Crippen LogP contribution in [-0.4, -0.2) is 18.8 Å². The summed E-state index contributed by atoms with van der Waals surface area (Å²) < 4.78 is 11.0. The van der Waals surface area contributed by atoms with Crippen LogP contribution < -0.4 is 4.74 Å². The zero-order chi connectivity index (χ0) is 38.9. The first-order valence-electron chi connectivity index (χ1n) is 19.7. The van der Waals surface area contributed by atoms with E-state index in [-0.39, 0.29) is 21.1 Å². The van der Waals surface area contributed by atoms with Gasteiger partial charge in [-0.3, -0.25) is 9.97 Å². The summed E-state index contributed by atoms with van der Waals surface area (Å²) in [5.74, 6) is 1.17. The molecule has 0 saturated carbocycles. The van der Waals surface area contributed by atoms with E-state index in [2.05, 4.69) is 179 Å². The van der Waals surface area contributed by atoms with Crippen LogP contribution >= 0.6 is 0 Å². The topological polar surface area (TPSA) is 43.8 Å². The number of rotatable bonds is 6. The minimum absolute atomic E-state index is 0. The van der Waals surface area contributed by atoms with Crippen LogP contribution in [-0.2, 0) is 21.1 Å². The molecule has 0 aliphatic heterocycles. The molecule has 284 valence electrons. The van der Waals surface area contributed by atoms with Gasteiger partial charge in [0.15, 0.2) is 0 Å². The van der Waals surface area contributed by atoms with Crippen LogP contribution in [0.5, 0.6) is 11.5 Å². The Morgan fingerprint density at radius 2 is 0.750 bits per heavy atom. The molecule has 8 aromatic carbocycles. The van der Waals surface area contributed by atoms with E-state index in [0.717, 1.165) is 88.0 Å². The van der Waals surface area contributed by atoms with Crippen LogP contribution in [0.4, 0.5) is 0 Å². The van der Waals surface area contributed by atoms with E-state index in [4.69, 9.17) is 14.7 Å². The SMILES string of the molecule is [Pt+2].[c-]1c(Oc2[c-]c3c(cc2)c2ccc(-c4ccccc4)c(-c4ccccc4)c2n2ccnc32)ccc2c1c1nccn1c1c(-c3ccccc3)c(-c3ccccc3)ccc21. The van der Waals surface area contributed by atoms with Crippen molar-refractivity contribution in [2.45, 2.75) is 0 Å². The second kappa shape index (κ2) is 14.5. The van der Waals surface area contributed by atoms with Gasteiger partial charge in [0, 0.05) is 58.4 Å². The Balaban J connectivity index is 0.00000408. The maximum atomic E-state index is 6.62. The van der Waals surface area contributed by atoms with Crippen molar-refractivity contribution >= 4 is 54.6 Å². The molecule has 5 nitrogen and oxygen atoms in total. The molecule has 0 spiro atoms.